The fourth-order valence-corrected chi connectivity index (χ4v) is 7.54. The Balaban J connectivity index is 2.79. The summed E-state index contributed by atoms with van der Waals surface area (Å²) in [6, 6.07) is 0. The normalized spacial score (nSPS) is 14.8. The zero-order valence-electron chi connectivity index (χ0n) is 40.2. The van der Waals surface area contributed by atoms with Gasteiger partial charge < -0.3 is 33.7 Å². The van der Waals surface area contributed by atoms with E-state index in [2.05, 4.69) is 27.7 Å². The second-order valence-corrected chi connectivity index (χ2v) is 17.8. The SMILES string of the molecule is CCCCCCCCC(=O)OCC(COC(=O)CCCCCCCC)CC(=O)O[C@H]1C[NH2+]C[C@H]1OC(=O)CC(COC(=O)CCCCCCCC)COC(=O)CCCCCCCC. The molecule has 1 rings (SSSR count). The van der Waals surface area contributed by atoms with Crippen molar-refractivity contribution in [1.82, 2.24) is 0 Å². The Morgan fingerprint density at radius 2 is 0.603 bits per heavy atom. The summed E-state index contributed by atoms with van der Waals surface area (Å²) in [5.74, 6) is -3.74. The third kappa shape index (κ3) is 33.9. The van der Waals surface area contributed by atoms with Crippen LogP contribution in [0.5, 0.6) is 0 Å². The van der Waals surface area contributed by atoms with E-state index in [1.807, 2.05) is 5.32 Å². The number of unbranched alkanes of at least 4 members (excludes halogenated alkanes) is 20. The Hall–Kier alpha value is -3.22. The smallest absolute Gasteiger partial charge is 0.306 e. The lowest BCUT2D eigenvalue weighted by Crippen LogP contribution is -2.82. The van der Waals surface area contributed by atoms with E-state index in [4.69, 9.17) is 28.4 Å². The Bertz CT molecular complexity index is 1060. The number of carbonyl (C=O) groups excluding carboxylic acids is 6. The molecule has 0 aromatic carbocycles. The van der Waals surface area contributed by atoms with Crippen molar-refractivity contribution in [3.8, 4) is 0 Å². The molecule has 0 amide bonds. The fraction of sp³-hybridized carbons (Fsp3) is 0.880. The number of hydrogen-bond donors (Lipinski definition) is 1. The molecule has 1 aliphatic rings. The van der Waals surface area contributed by atoms with Gasteiger partial charge in [-0.1, -0.05) is 156 Å². The molecule has 1 aliphatic heterocycles. The van der Waals surface area contributed by atoms with E-state index >= 15 is 0 Å². The average Bonchev–Trinajstić information content (AvgIpc) is 3.69. The minimum Gasteiger partial charge on any atom is -0.465 e. The molecule has 366 valence electrons. The van der Waals surface area contributed by atoms with E-state index in [-0.39, 0.29) is 88.8 Å². The summed E-state index contributed by atoms with van der Waals surface area (Å²) in [5, 5.41) is 1.90. The zero-order valence-corrected chi connectivity index (χ0v) is 40.2. The highest BCUT2D eigenvalue weighted by Gasteiger charge is 2.38. The van der Waals surface area contributed by atoms with Crippen molar-refractivity contribution in [3.05, 3.63) is 0 Å². The molecule has 0 bridgehead atoms. The molecule has 0 unspecified atom stereocenters. The topological polar surface area (TPSA) is 174 Å². The van der Waals surface area contributed by atoms with Crippen LogP contribution in [0.15, 0.2) is 0 Å². The maximum absolute atomic E-state index is 13.3. The van der Waals surface area contributed by atoms with E-state index in [1.165, 1.54) is 25.7 Å². The third-order valence-corrected chi connectivity index (χ3v) is 11.5. The van der Waals surface area contributed by atoms with Crippen molar-refractivity contribution in [2.24, 2.45) is 11.8 Å². The first-order chi connectivity index (χ1) is 30.6. The monoisotopic (exact) mass is 897 g/mol. The first-order valence-corrected chi connectivity index (χ1v) is 25.4. The van der Waals surface area contributed by atoms with Gasteiger partial charge in [0.1, 0.15) is 13.1 Å². The van der Waals surface area contributed by atoms with Crippen molar-refractivity contribution in [1.29, 1.82) is 0 Å². The lowest BCUT2D eigenvalue weighted by atomic mass is 10.1. The van der Waals surface area contributed by atoms with Crippen LogP contribution in [-0.2, 0) is 57.2 Å². The van der Waals surface area contributed by atoms with Gasteiger partial charge in [-0.2, -0.15) is 0 Å². The second kappa shape index (κ2) is 40.3. The highest BCUT2D eigenvalue weighted by Crippen LogP contribution is 2.17. The van der Waals surface area contributed by atoms with Crippen LogP contribution < -0.4 is 5.32 Å². The van der Waals surface area contributed by atoms with Gasteiger partial charge in [-0.05, 0) is 25.7 Å². The van der Waals surface area contributed by atoms with E-state index in [9.17, 15) is 28.8 Å². The number of quaternary nitrogens is 1. The molecule has 2 N–H and O–H groups in total. The van der Waals surface area contributed by atoms with E-state index in [1.54, 1.807) is 0 Å². The first-order valence-electron chi connectivity index (χ1n) is 25.4. The molecule has 0 aromatic heterocycles. The number of esters is 6. The molecule has 1 saturated heterocycles. The standard InChI is InChI=1S/C50H89NO12/c1-5-9-13-17-21-25-29-45(52)58-37-41(38-59-46(53)30-26-22-18-14-10-6-2)33-49(56)62-43-35-51-36-44(43)63-50(57)34-42(39-60-47(54)31-27-23-19-15-11-7-3)40-61-48(55)32-28-24-20-16-12-8-4/h41-44,51H,5-40H2,1-4H3/p+1/t43-,44+. The maximum atomic E-state index is 13.3. The summed E-state index contributed by atoms with van der Waals surface area (Å²) in [6.07, 6.45) is 24.3. The third-order valence-electron chi connectivity index (χ3n) is 11.5. The first kappa shape index (κ1) is 57.8. The molecular weight excluding hydrogens is 807 g/mol. The minimum absolute atomic E-state index is 0.0856. The Morgan fingerprint density at radius 3 is 0.857 bits per heavy atom. The summed E-state index contributed by atoms with van der Waals surface area (Å²) in [5.41, 5.74) is 0. The Morgan fingerprint density at radius 1 is 0.365 bits per heavy atom. The predicted molar refractivity (Wildman–Crippen MR) is 243 cm³/mol. The lowest BCUT2D eigenvalue weighted by Gasteiger charge is -2.21. The van der Waals surface area contributed by atoms with Crippen LogP contribution in [0.1, 0.15) is 220 Å². The van der Waals surface area contributed by atoms with Gasteiger partial charge in [0, 0.05) is 37.5 Å². The van der Waals surface area contributed by atoms with Crippen molar-refractivity contribution in [2.45, 2.75) is 233 Å². The highest BCUT2D eigenvalue weighted by molar-refractivity contribution is 5.73. The molecule has 1 heterocycles. The predicted octanol–water partition coefficient (Wildman–Crippen LogP) is 9.57. The van der Waals surface area contributed by atoms with Crippen LogP contribution in [0, 0.1) is 11.8 Å². The van der Waals surface area contributed by atoms with Crippen molar-refractivity contribution in [3.63, 3.8) is 0 Å². The molecule has 13 heteroatoms. The number of hydrogen-bond acceptors (Lipinski definition) is 12. The summed E-state index contributed by atoms with van der Waals surface area (Å²) in [4.78, 5) is 77.0. The summed E-state index contributed by atoms with van der Waals surface area (Å²) >= 11 is 0. The van der Waals surface area contributed by atoms with Gasteiger partial charge in [0.25, 0.3) is 0 Å². The van der Waals surface area contributed by atoms with E-state index in [0.717, 1.165) is 128 Å². The molecule has 0 spiro atoms. The van der Waals surface area contributed by atoms with Gasteiger partial charge in [-0.25, -0.2) is 0 Å². The molecule has 0 radical (unpaired) electrons. The molecule has 0 aliphatic carbocycles. The lowest BCUT2D eigenvalue weighted by molar-refractivity contribution is -0.640. The van der Waals surface area contributed by atoms with Crippen LogP contribution in [0.4, 0.5) is 0 Å². The van der Waals surface area contributed by atoms with Gasteiger partial charge in [-0.15, -0.1) is 0 Å². The van der Waals surface area contributed by atoms with Crippen LogP contribution >= 0.6 is 0 Å². The van der Waals surface area contributed by atoms with Gasteiger partial charge in [0.05, 0.1) is 39.3 Å². The molecular formula is C50H90NO12+. The quantitative estimate of drug-likeness (QED) is 0.0350. The van der Waals surface area contributed by atoms with Gasteiger partial charge in [-0.3, -0.25) is 28.8 Å². The second-order valence-electron chi connectivity index (χ2n) is 17.8. The molecule has 0 aromatic rings. The van der Waals surface area contributed by atoms with E-state index < -0.39 is 36.0 Å². The van der Waals surface area contributed by atoms with Gasteiger partial charge >= 0.3 is 35.8 Å². The minimum atomic E-state index is -0.726. The van der Waals surface area contributed by atoms with Crippen LogP contribution in [0.25, 0.3) is 0 Å². The van der Waals surface area contributed by atoms with Crippen LogP contribution in [0.3, 0.4) is 0 Å². The molecule has 13 nitrogen and oxygen atoms in total. The molecule has 2 atom stereocenters. The van der Waals surface area contributed by atoms with Gasteiger partial charge in [0.15, 0.2) is 12.2 Å². The largest absolute Gasteiger partial charge is 0.465 e. The number of ether oxygens (including phenoxy) is 6. The van der Waals surface area contributed by atoms with Crippen LogP contribution in [0.2, 0.25) is 0 Å². The highest BCUT2D eigenvalue weighted by atomic mass is 16.6. The summed E-state index contributed by atoms with van der Waals surface area (Å²) < 4.78 is 33.8. The summed E-state index contributed by atoms with van der Waals surface area (Å²) in [6.45, 7) is 9.06. The molecule has 1 fully saturated rings. The van der Waals surface area contributed by atoms with Crippen molar-refractivity contribution < 1.29 is 62.5 Å². The van der Waals surface area contributed by atoms with Crippen molar-refractivity contribution in [2.75, 3.05) is 39.5 Å². The van der Waals surface area contributed by atoms with Gasteiger partial charge in [0.2, 0.25) is 0 Å². The summed E-state index contributed by atoms with van der Waals surface area (Å²) in [7, 11) is 0. The van der Waals surface area contributed by atoms with Crippen LogP contribution in [-0.4, -0.2) is 87.5 Å². The molecule has 0 saturated carbocycles. The number of carbonyl (C=O) groups is 6. The van der Waals surface area contributed by atoms with E-state index in [0.29, 0.717) is 13.1 Å². The molecule has 63 heavy (non-hydrogen) atoms. The van der Waals surface area contributed by atoms with Crippen molar-refractivity contribution >= 4 is 35.8 Å². The zero-order chi connectivity index (χ0) is 46.2. The Kier molecular flexibility index (Phi) is 37.0. The number of rotatable bonds is 42. The Labute approximate surface area is 381 Å². The number of nitrogens with two attached hydrogens (primary N) is 1. The maximum Gasteiger partial charge on any atom is 0.306 e. The average molecular weight is 897 g/mol. The fourth-order valence-electron chi connectivity index (χ4n) is 7.54.